The molecule has 1 aromatic heterocycles. The lowest BCUT2D eigenvalue weighted by atomic mass is 10.2. The average molecular weight is 251 g/mol. The number of aryl methyl sites for hydroxylation is 1. The zero-order valence-electron chi connectivity index (χ0n) is 11.5. The zero-order chi connectivity index (χ0) is 13.3. The van der Waals surface area contributed by atoms with Gasteiger partial charge in [0.1, 0.15) is 17.6 Å². The SMILES string of the molecule is Cc1ccc([C@H](C#N)O[Si](C)(C)C(C)(C)C)o1. The maximum absolute atomic E-state index is 9.21. The third-order valence-electron chi connectivity index (χ3n) is 3.36. The van der Waals surface area contributed by atoms with Crippen LogP contribution in [0.25, 0.3) is 0 Å². The Kier molecular flexibility index (Phi) is 3.85. The fourth-order valence-corrected chi connectivity index (χ4v) is 2.33. The molecule has 4 heteroatoms. The topological polar surface area (TPSA) is 46.2 Å². The molecular formula is C13H21NO2Si. The summed E-state index contributed by atoms with van der Waals surface area (Å²) in [5.74, 6) is 1.41. The first-order valence-corrected chi connectivity index (χ1v) is 8.72. The third-order valence-corrected chi connectivity index (χ3v) is 7.79. The molecule has 0 amide bonds. The molecule has 0 N–H and O–H groups in total. The second-order valence-electron chi connectivity index (χ2n) is 5.84. The number of rotatable bonds is 3. The van der Waals surface area contributed by atoms with Crippen molar-refractivity contribution in [1.82, 2.24) is 0 Å². The molecule has 1 heterocycles. The molecule has 0 radical (unpaired) electrons. The summed E-state index contributed by atoms with van der Waals surface area (Å²) < 4.78 is 11.5. The van der Waals surface area contributed by atoms with Crippen molar-refractivity contribution in [3.05, 3.63) is 23.7 Å². The molecule has 0 aliphatic heterocycles. The number of nitrogens with zero attached hydrogens (tertiary/aromatic N) is 1. The van der Waals surface area contributed by atoms with Crippen LogP contribution in [-0.4, -0.2) is 8.32 Å². The molecule has 0 spiro atoms. The van der Waals surface area contributed by atoms with Gasteiger partial charge in [-0.05, 0) is 37.2 Å². The monoisotopic (exact) mass is 251 g/mol. The molecule has 94 valence electrons. The second-order valence-corrected chi connectivity index (χ2v) is 10.6. The standard InChI is InChI=1S/C13H21NO2Si/c1-10-7-8-11(15-10)12(9-14)16-17(5,6)13(2,3)4/h7-8,12H,1-6H3/t12-/m0/s1. The minimum Gasteiger partial charge on any atom is -0.462 e. The summed E-state index contributed by atoms with van der Waals surface area (Å²) in [5, 5.41) is 9.29. The minimum atomic E-state index is -1.94. The van der Waals surface area contributed by atoms with E-state index >= 15 is 0 Å². The summed E-state index contributed by atoms with van der Waals surface area (Å²) in [7, 11) is -1.94. The van der Waals surface area contributed by atoms with E-state index in [-0.39, 0.29) is 5.04 Å². The molecule has 0 aromatic carbocycles. The Balaban J connectivity index is 2.89. The number of nitriles is 1. The molecule has 3 nitrogen and oxygen atoms in total. The van der Waals surface area contributed by atoms with Gasteiger partial charge in [-0.25, -0.2) is 0 Å². The Morgan fingerprint density at radius 3 is 2.29 bits per heavy atom. The molecule has 0 saturated heterocycles. The van der Waals surface area contributed by atoms with Crippen LogP contribution in [0.4, 0.5) is 0 Å². The Bertz CT molecular complexity index is 423. The highest BCUT2D eigenvalue weighted by Gasteiger charge is 2.40. The summed E-state index contributed by atoms with van der Waals surface area (Å²) in [4.78, 5) is 0. The molecule has 0 aliphatic carbocycles. The van der Waals surface area contributed by atoms with E-state index < -0.39 is 14.4 Å². The van der Waals surface area contributed by atoms with Crippen LogP contribution in [0.3, 0.4) is 0 Å². The van der Waals surface area contributed by atoms with Crippen LogP contribution in [0, 0.1) is 18.3 Å². The molecule has 0 bridgehead atoms. The van der Waals surface area contributed by atoms with E-state index in [1.807, 2.05) is 19.1 Å². The lowest BCUT2D eigenvalue weighted by molar-refractivity contribution is 0.205. The van der Waals surface area contributed by atoms with Gasteiger partial charge in [0.05, 0.1) is 0 Å². The molecule has 0 aliphatic rings. The van der Waals surface area contributed by atoms with Crippen molar-refractivity contribution >= 4 is 8.32 Å². The minimum absolute atomic E-state index is 0.0870. The predicted molar refractivity (Wildman–Crippen MR) is 70.1 cm³/mol. The predicted octanol–water partition coefficient (Wildman–Crippen LogP) is 4.17. The van der Waals surface area contributed by atoms with Crippen LogP contribution in [0.5, 0.6) is 0 Å². The molecule has 17 heavy (non-hydrogen) atoms. The molecule has 1 rings (SSSR count). The van der Waals surface area contributed by atoms with Gasteiger partial charge in [-0.3, -0.25) is 0 Å². The largest absolute Gasteiger partial charge is 0.462 e. The fraction of sp³-hybridized carbons (Fsp3) is 0.615. The highest BCUT2D eigenvalue weighted by Crippen LogP contribution is 2.39. The molecular weight excluding hydrogens is 230 g/mol. The Hall–Kier alpha value is -1.05. The zero-order valence-corrected chi connectivity index (χ0v) is 12.5. The normalized spacial score (nSPS) is 14.4. The van der Waals surface area contributed by atoms with Gasteiger partial charge in [-0.15, -0.1) is 0 Å². The van der Waals surface area contributed by atoms with E-state index in [0.717, 1.165) is 5.76 Å². The fourth-order valence-electron chi connectivity index (χ4n) is 1.21. The van der Waals surface area contributed by atoms with Crippen LogP contribution in [0.1, 0.15) is 38.4 Å². The van der Waals surface area contributed by atoms with E-state index in [4.69, 9.17) is 8.84 Å². The first-order chi connectivity index (χ1) is 7.67. The number of hydrogen-bond donors (Lipinski definition) is 0. The molecule has 1 atom stereocenters. The Labute approximate surface area is 105 Å². The van der Waals surface area contributed by atoms with E-state index in [1.54, 1.807) is 0 Å². The second kappa shape index (κ2) is 4.67. The first kappa shape index (κ1) is 14.0. The van der Waals surface area contributed by atoms with Crippen molar-refractivity contribution in [3.8, 4) is 6.07 Å². The van der Waals surface area contributed by atoms with Crippen LogP contribution < -0.4 is 0 Å². The van der Waals surface area contributed by atoms with Crippen LogP contribution >= 0.6 is 0 Å². The third kappa shape index (κ3) is 3.21. The van der Waals surface area contributed by atoms with Crippen LogP contribution in [0.15, 0.2) is 16.5 Å². The van der Waals surface area contributed by atoms with Crippen molar-refractivity contribution < 1.29 is 8.84 Å². The van der Waals surface area contributed by atoms with E-state index in [1.165, 1.54) is 0 Å². The lowest BCUT2D eigenvalue weighted by Gasteiger charge is -2.37. The molecule has 0 saturated carbocycles. The highest BCUT2D eigenvalue weighted by atomic mass is 28.4. The van der Waals surface area contributed by atoms with Gasteiger partial charge in [-0.1, -0.05) is 20.8 Å². The van der Waals surface area contributed by atoms with Gasteiger partial charge in [0.25, 0.3) is 0 Å². The summed E-state index contributed by atoms with van der Waals surface area (Å²) in [6, 6.07) is 5.85. The Morgan fingerprint density at radius 2 is 1.94 bits per heavy atom. The van der Waals surface area contributed by atoms with Crippen molar-refractivity contribution in [1.29, 1.82) is 5.26 Å². The van der Waals surface area contributed by atoms with Crippen LogP contribution in [-0.2, 0) is 4.43 Å². The van der Waals surface area contributed by atoms with Crippen molar-refractivity contribution in [2.45, 2.75) is 51.9 Å². The summed E-state index contributed by atoms with van der Waals surface area (Å²) in [6.07, 6.45) is -0.593. The van der Waals surface area contributed by atoms with Gasteiger partial charge in [0.2, 0.25) is 0 Å². The molecule has 0 fully saturated rings. The van der Waals surface area contributed by atoms with E-state index in [2.05, 4.69) is 39.9 Å². The van der Waals surface area contributed by atoms with Gasteiger partial charge in [0.15, 0.2) is 14.4 Å². The van der Waals surface area contributed by atoms with Gasteiger partial charge in [0, 0.05) is 0 Å². The maximum Gasteiger partial charge on any atom is 0.194 e. The van der Waals surface area contributed by atoms with Crippen LogP contribution in [0.2, 0.25) is 18.1 Å². The first-order valence-electron chi connectivity index (χ1n) is 5.81. The Morgan fingerprint density at radius 1 is 1.35 bits per heavy atom. The van der Waals surface area contributed by atoms with E-state index in [0.29, 0.717) is 5.76 Å². The number of hydrogen-bond acceptors (Lipinski definition) is 3. The summed E-state index contributed by atoms with van der Waals surface area (Å²) >= 11 is 0. The smallest absolute Gasteiger partial charge is 0.194 e. The quantitative estimate of drug-likeness (QED) is 0.757. The number of furan rings is 1. The highest BCUT2D eigenvalue weighted by molar-refractivity contribution is 6.74. The van der Waals surface area contributed by atoms with E-state index in [9.17, 15) is 5.26 Å². The maximum atomic E-state index is 9.21. The van der Waals surface area contributed by atoms with Gasteiger partial charge >= 0.3 is 0 Å². The lowest BCUT2D eigenvalue weighted by Crippen LogP contribution is -2.41. The van der Waals surface area contributed by atoms with Gasteiger partial charge < -0.3 is 8.84 Å². The summed E-state index contributed by atoms with van der Waals surface area (Å²) in [6.45, 7) is 12.6. The van der Waals surface area contributed by atoms with Crippen molar-refractivity contribution in [3.63, 3.8) is 0 Å². The summed E-state index contributed by atoms with van der Waals surface area (Å²) in [5.41, 5.74) is 0. The molecule has 0 unspecified atom stereocenters. The average Bonchev–Trinajstić information content (AvgIpc) is 2.59. The van der Waals surface area contributed by atoms with Crippen molar-refractivity contribution in [2.24, 2.45) is 0 Å². The van der Waals surface area contributed by atoms with Crippen molar-refractivity contribution in [2.75, 3.05) is 0 Å². The van der Waals surface area contributed by atoms with Gasteiger partial charge in [-0.2, -0.15) is 5.26 Å². The molecule has 1 aromatic rings.